The van der Waals surface area contributed by atoms with Gasteiger partial charge < -0.3 is 19.1 Å². The first kappa shape index (κ1) is 33.1. The lowest BCUT2D eigenvalue weighted by atomic mass is 9.81. The predicted molar refractivity (Wildman–Crippen MR) is 189 cm³/mol. The van der Waals surface area contributed by atoms with Gasteiger partial charge in [0.15, 0.2) is 0 Å². The van der Waals surface area contributed by atoms with Crippen molar-refractivity contribution in [2.45, 2.75) is 102 Å². The molecule has 3 aromatic rings. The molecule has 2 amide bonds. The molecule has 4 aliphatic rings. The van der Waals surface area contributed by atoms with Crippen LogP contribution in [0, 0.1) is 5.41 Å². The minimum Gasteiger partial charge on any atom is -0.497 e. The molecule has 3 unspecified atom stereocenters. The van der Waals surface area contributed by atoms with Gasteiger partial charge in [-0.3, -0.25) is 9.59 Å². The summed E-state index contributed by atoms with van der Waals surface area (Å²) in [6.45, 7) is 8.38. The number of carbonyl (C=O) groups excluding carboxylic acids is 2. The summed E-state index contributed by atoms with van der Waals surface area (Å²) in [7, 11) is 0.0162. The van der Waals surface area contributed by atoms with Gasteiger partial charge in [0, 0.05) is 53.6 Å². The number of benzene rings is 2. The number of hydrogen-bond donors (Lipinski definition) is 1. The number of nitrogens with zero attached hydrogens (tertiary/aromatic N) is 3. The molecule has 3 fully saturated rings. The lowest BCUT2D eigenvalue weighted by Gasteiger charge is -2.32. The minimum absolute atomic E-state index is 0.0667. The van der Waals surface area contributed by atoms with Gasteiger partial charge in [-0.15, -0.1) is 0 Å². The first-order valence-electron chi connectivity index (χ1n) is 17.9. The second-order valence-corrected chi connectivity index (χ2v) is 17.2. The molecule has 10 heteroatoms. The van der Waals surface area contributed by atoms with Crippen LogP contribution in [-0.2, 0) is 21.4 Å². The Hall–Kier alpha value is -3.37. The number of rotatable bonds is 9. The van der Waals surface area contributed by atoms with Gasteiger partial charge in [0.05, 0.1) is 23.5 Å². The Kier molecular flexibility index (Phi) is 8.63. The maximum absolute atomic E-state index is 14.9. The second-order valence-electron chi connectivity index (χ2n) is 15.0. The summed E-state index contributed by atoms with van der Waals surface area (Å²) in [4.78, 5) is 32.8. The Balaban J connectivity index is 1.41. The Morgan fingerprint density at radius 1 is 1.06 bits per heavy atom. The maximum Gasteiger partial charge on any atom is 0.264 e. The van der Waals surface area contributed by atoms with E-state index in [0.29, 0.717) is 18.0 Å². The normalized spacial score (nSPS) is 23.9. The average Bonchev–Trinajstić information content (AvgIpc) is 3.52. The molecule has 2 saturated carbocycles. The molecule has 9 nitrogen and oxygen atoms in total. The van der Waals surface area contributed by atoms with E-state index in [-0.39, 0.29) is 17.9 Å². The quantitative estimate of drug-likeness (QED) is 0.288. The fraction of sp³-hybridized carbons (Fsp3) is 0.579. The number of likely N-dealkylation sites (N-methyl/N-ethyl adjacent to an activating group) is 1. The van der Waals surface area contributed by atoms with Gasteiger partial charge >= 0.3 is 0 Å². The topological polar surface area (TPSA) is 101 Å². The number of fused-ring (bicyclic) bond motifs is 7. The van der Waals surface area contributed by atoms with E-state index in [1.54, 1.807) is 27.0 Å². The van der Waals surface area contributed by atoms with Crippen molar-refractivity contribution in [1.82, 2.24) is 19.1 Å². The van der Waals surface area contributed by atoms with Crippen molar-refractivity contribution in [3.8, 4) is 17.0 Å². The standard InChI is InChI=1S/C38H50N4O5S/c1-6-40(4)22-27-13-10-18-41(27)37(44)38-21-32(38)31-20-28(47-5)15-17-29(31)35-34(25-11-8-7-9-12-25)30-16-14-26(19-33(30)42(35)23-38)36(43)39-48(45,46)24(2)3/h14-17,19-20,24-25,27,32H,6-13,18,21-23H2,1-5H3,(H,39,43). The number of aromatic nitrogens is 1. The molecule has 1 aromatic heterocycles. The number of amides is 2. The van der Waals surface area contributed by atoms with Crippen LogP contribution in [0.5, 0.6) is 5.75 Å². The molecule has 48 heavy (non-hydrogen) atoms. The van der Waals surface area contributed by atoms with Gasteiger partial charge in [0.25, 0.3) is 5.91 Å². The average molecular weight is 675 g/mol. The van der Waals surface area contributed by atoms with E-state index in [1.165, 1.54) is 30.4 Å². The highest BCUT2D eigenvalue weighted by Crippen LogP contribution is 2.66. The predicted octanol–water partition coefficient (Wildman–Crippen LogP) is 6.26. The summed E-state index contributed by atoms with van der Waals surface area (Å²) < 4.78 is 35.7. The van der Waals surface area contributed by atoms with E-state index >= 15 is 0 Å². The van der Waals surface area contributed by atoms with Gasteiger partial charge in [-0.25, -0.2) is 13.1 Å². The lowest BCUT2D eigenvalue weighted by molar-refractivity contribution is -0.138. The molecule has 258 valence electrons. The zero-order valence-electron chi connectivity index (χ0n) is 29.0. The molecular weight excluding hydrogens is 625 g/mol. The number of ether oxygens (including phenoxy) is 1. The number of methoxy groups -OCH3 is 1. The van der Waals surface area contributed by atoms with Crippen LogP contribution in [0.2, 0.25) is 0 Å². The Morgan fingerprint density at radius 3 is 2.54 bits per heavy atom. The highest BCUT2D eigenvalue weighted by molar-refractivity contribution is 7.90. The molecular formula is C38H50N4O5S. The van der Waals surface area contributed by atoms with E-state index in [4.69, 9.17) is 4.74 Å². The van der Waals surface area contributed by atoms with Gasteiger partial charge in [-0.2, -0.15) is 0 Å². The highest BCUT2D eigenvalue weighted by atomic mass is 32.2. The first-order chi connectivity index (χ1) is 23.0. The van der Waals surface area contributed by atoms with Crippen LogP contribution in [0.25, 0.3) is 22.2 Å². The minimum atomic E-state index is -3.80. The van der Waals surface area contributed by atoms with Crippen LogP contribution in [0.4, 0.5) is 0 Å². The molecule has 7 rings (SSSR count). The summed E-state index contributed by atoms with van der Waals surface area (Å²) in [6.07, 6.45) is 8.57. The molecule has 0 spiro atoms. The molecule has 2 aliphatic heterocycles. The lowest BCUT2D eigenvalue weighted by Crippen LogP contribution is -2.46. The number of nitrogens with one attached hydrogen (secondary N) is 1. The Labute approximate surface area is 285 Å². The summed E-state index contributed by atoms with van der Waals surface area (Å²) in [5.41, 5.74) is 5.34. The SMILES string of the molecule is CCN(C)CC1CCCN1C(=O)C12CC1c1cc(OC)ccc1-c1c(C3CCCCC3)c3ccc(C(=O)NS(=O)(=O)C(C)C)cc3n1C2. The summed E-state index contributed by atoms with van der Waals surface area (Å²) in [5, 5.41) is 0.359. The highest BCUT2D eigenvalue weighted by Gasteiger charge is 2.64. The third-order valence-corrected chi connectivity index (χ3v) is 13.5. The van der Waals surface area contributed by atoms with E-state index < -0.39 is 26.6 Å². The van der Waals surface area contributed by atoms with Gasteiger partial charge in [0.2, 0.25) is 15.9 Å². The maximum atomic E-state index is 14.9. The molecule has 3 heterocycles. The van der Waals surface area contributed by atoms with Crippen molar-refractivity contribution in [3.63, 3.8) is 0 Å². The molecule has 0 bridgehead atoms. The van der Waals surface area contributed by atoms with Crippen LogP contribution in [0.15, 0.2) is 36.4 Å². The van der Waals surface area contributed by atoms with E-state index in [2.05, 4.69) is 45.2 Å². The number of carbonyl (C=O) groups is 2. The van der Waals surface area contributed by atoms with Crippen molar-refractivity contribution < 1.29 is 22.7 Å². The molecule has 3 atom stereocenters. The molecule has 1 N–H and O–H groups in total. The van der Waals surface area contributed by atoms with Crippen LogP contribution in [0.1, 0.15) is 105 Å². The fourth-order valence-electron chi connectivity index (χ4n) is 8.80. The van der Waals surface area contributed by atoms with Gasteiger partial charge in [0.1, 0.15) is 5.75 Å². The van der Waals surface area contributed by atoms with E-state index in [9.17, 15) is 18.0 Å². The smallest absolute Gasteiger partial charge is 0.264 e. The van der Waals surface area contributed by atoms with Crippen LogP contribution in [0.3, 0.4) is 0 Å². The summed E-state index contributed by atoms with van der Waals surface area (Å²) >= 11 is 0. The van der Waals surface area contributed by atoms with E-state index in [1.807, 2.05) is 18.2 Å². The van der Waals surface area contributed by atoms with Crippen molar-refractivity contribution in [1.29, 1.82) is 0 Å². The number of hydrogen-bond acceptors (Lipinski definition) is 6. The third kappa shape index (κ3) is 5.53. The largest absolute Gasteiger partial charge is 0.497 e. The molecule has 1 saturated heterocycles. The fourth-order valence-corrected chi connectivity index (χ4v) is 9.41. The zero-order valence-corrected chi connectivity index (χ0v) is 29.9. The number of likely N-dealkylation sites (tertiary alicyclic amines) is 1. The van der Waals surface area contributed by atoms with Crippen molar-refractivity contribution in [2.24, 2.45) is 5.41 Å². The van der Waals surface area contributed by atoms with Crippen LogP contribution < -0.4 is 9.46 Å². The Morgan fingerprint density at radius 2 is 1.83 bits per heavy atom. The third-order valence-electron chi connectivity index (χ3n) is 11.8. The first-order valence-corrected chi connectivity index (χ1v) is 19.4. The van der Waals surface area contributed by atoms with Gasteiger partial charge in [-0.1, -0.05) is 32.3 Å². The Bertz CT molecular complexity index is 1860. The second kappa shape index (κ2) is 12.5. The summed E-state index contributed by atoms with van der Waals surface area (Å²) in [6, 6.07) is 12.2. The monoisotopic (exact) mass is 674 g/mol. The number of sulfonamides is 1. The van der Waals surface area contributed by atoms with Crippen molar-refractivity contribution in [2.75, 3.05) is 33.8 Å². The van der Waals surface area contributed by atoms with Crippen molar-refractivity contribution in [3.05, 3.63) is 53.1 Å². The summed E-state index contributed by atoms with van der Waals surface area (Å²) in [5.74, 6) is 0.826. The van der Waals surface area contributed by atoms with Gasteiger partial charge in [-0.05, 0) is 107 Å². The zero-order chi connectivity index (χ0) is 34.0. The van der Waals surface area contributed by atoms with Crippen molar-refractivity contribution >= 4 is 32.7 Å². The van der Waals surface area contributed by atoms with Crippen LogP contribution in [-0.4, -0.2) is 79.7 Å². The molecule has 0 radical (unpaired) electrons. The molecule has 2 aromatic carbocycles. The van der Waals surface area contributed by atoms with E-state index in [0.717, 1.165) is 79.6 Å². The molecule has 2 aliphatic carbocycles. The van der Waals surface area contributed by atoms with Crippen LogP contribution >= 0.6 is 0 Å².